The Balaban J connectivity index is 1.31. The van der Waals surface area contributed by atoms with Crippen molar-refractivity contribution < 1.29 is 32.3 Å². The number of sulfonamides is 1. The first kappa shape index (κ1) is 23.4. The molecular formula is C24H24FN3O6S. The predicted octanol–water partition coefficient (Wildman–Crippen LogP) is 1.86. The van der Waals surface area contributed by atoms with E-state index in [0.29, 0.717) is 24.0 Å². The summed E-state index contributed by atoms with van der Waals surface area (Å²) in [6, 6.07) is 7.43. The molecule has 2 fully saturated rings. The van der Waals surface area contributed by atoms with Gasteiger partial charge in [-0.2, -0.15) is 4.31 Å². The maximum Gasteiger partial charge on any atom is 0.255 e. The van der Waals surface area contributed by atoms with Crippen molar-refractivity contribution in [2.75, 3.05) is 13.1 Å². The average molecular weight is 502 g/mol. The molecule has 0 radical (unpaired) electrons. The van der Waals surface area contributed by atoms with Gasteiger partial charge in [-0.15, -0.1) is 0 Å². The average Bonchev–Trinajstić information content (AvgIpc) is 3.14. The molecule has 0 bridgehead atoms. The van der Waals surface area contributed by atoms with E-state index in [4.69, 9.17) is 0 Å². The van der Waals surface area contributed by atoms with Crippen LogP contribution < -0.4 is 5.32 Å². The normalized spacial score (nSPS) is 21.8. The van der Waals surface area contributed by atoms with Crippen LogP contribution in [0.1, 0.15) is 53.1 Å². The predicted molar refractivity (Wildman–Crippen MR) is 121 cm³/mol. The molecule has 2 aromatic carbocycles. The van der Waals surface area contributed by atoms with Crippen molar-refractivity contribution in [1.82, 2.24) is 14.5 Å². The molecule has 9 nitrogen and oxygen atoms in total. The monoisotopic (exact) mass is 501 g/mol. The number of halogens is 1. The lowest BCUT2D eigenvalue weighted by molar-refractivity contribution is -0.136. The van der Waals surface area contributed by atoms with E-state index in [2.05, 4.69) is 5.32 Å². The van der Waals surface area contributed by atoms with Crippen molar-refractivity contribution >= 4 is 27.7 Å². The summed E-state index contributed by atoms with van der Waals surface area (Å²) in [6.45, 7) is 0.583. The smallest absolute Gasteiger partial charge is 0.255 e. The number of amides is 3. The number of carbonyl (C=O) groups excluding carboxylic acids is 3. The summed E-state index contributed by atoms with van der Waals surface area (Å²) in [5.74, 6) is -2.10. The van der Waals surface area contributed by atoms with Gasteiger partial charge >= 0.3 is 0 Å². The van der Waals surface area contributed by atoms with Crippen LogP contribution in [0.3, 0.4) is 0 Å². The Morgan fingerprint density at radius 2 is 1.69 bits per heavy atom. The number of fused-ring (bicyclic) bond motifs is 1. The van der Waals surface area contributed by atoms with E-state index in [9.17, 15) is 27.9 Å². The number of nitrogens with zero attached hydrogens (tertiary/aromatic N) is 2. The number of hydrogen-bond acceptors (Lipinski definition) is 6. The van der Waals surface area contributed by atoms with Crippen molar-refractivity contribution in [3.05, 3.63) is 58.9 Å². The molecule has 1 unspecified atom stereocenters. The molecule has 2 N–H and O–H groups in total. The highest BCUT2D eigenvalue weighted by Crippen LogP contribution is 2.36. The highest BCUT2D eigenvalue weighted by atomic mass is 32.2. The van der Waals surface area contributed by atoms with Crippen LogP contribution in [-0.4, -0.2) is 59.6 Å². The first-order chi connectivity index (χ1) is 16.6. The van der Waals surface area contributed by atoms with E-state index in [-0.39, 0.29) is 60.5 Å². The minimum atomic E-state index is -3.72. The van der Waals surface area contributed by atoms with E-state index in [1.165, 1.54) is 39.5 Å². The zero-order valence-electron chi connectivity index (χ0n) is 18.7. The number of phenols is 1. The molecule has 0 spiro atoms. The molecule has 2 aromatic rings. The van der Waals surface area contributed by atoms with Crippen molar-refractivity contribution in [1.29, 1.82) is 0 Å². The number of imide groups is 1. The van der Waals surface area contributed by atoms with Gasteiger partial charge in [-0.1, -0.05) is 6.07 Å². The molecule has 35 heavy (non-hydrogen) atoms. The lowest BCUT2D eigenvalue weighted by Gasteiger charge is -2.31. The van der Waals surface area contributed by atoms with Crippen molar-refractivity contribution in [2.45, 2.75) is 49.1 Å². The Labute approximate surface area is 201 Å². The second-order valence-electron chi connectivity index (χ2n) is 9.10. The summed E-state index contributed by atoms with van der Waals surface area (Å²) >= 11 is 0. The molecule has 3 heterocycles. The summed E-state index contributed by atoms with van der Waals surface area (Å²) in [5.41, 5.74) is 1.27. The highest BCUT2D eigenvalue weighted by Gasteiger charge is 2.40. The Kier molecular flexibility index (Phi) is 5.84. The number of hydrogen-bond donors (Lipinski definition) is 2. The first-order valence-corrected chi connectivity index (χ1v) is 12.9. The van der Waals surface area contributed by atoms with Crippen LogP contribution in [0.5, 0.6) is 5.75 Å². The van der Waals surface area contributed by atoms with Gasteiger partial charge in [-0.25, -0.2) is 12.8 Å². The minimum absolute atomic E-state index is 0.0237. The minimum Gasteiger partial charge on any atom is -0.508 e. The number of nitrogens with one attached hydrogen (secondary N) is 1. The van der Waals surface area contributed by atoms with Gasteiger partial charge in [-0.05, 0) is 66.6 Å². The molecule has 11 heteroatoms. The fourth-order valence-electron chi connectivity index (χ4n) is 5.10. The summed E-state index contributed by atoms with van der Waals surface area (Å²) in [6.07, 6.45) is 1.20. The van der Waals surface area contributed by atoms with Crippen LogP contribution in [0.15, 0.2) is 41.3 Å². The summed E-state index contributed by atoms with van der Waals surface area (Å²) in [4.78, 5) is 38.0. The van der Waals surface area contributed by atoms with Gasteiger partial charge in [-0.3, -0.25) is 19.7 Å². The molecule has 1 atom stereocenters. The lowest BCUT2D eigenvalue weighted by atomic mass is 9.88. The summed E-state index contributed by atoms with van der Waals surface area (Å²) in [5, 5.41) is 11.7. The van der Waals surface area contributed by atoms with Crippen LogP contribution in [0.2, 0.25) is 0 Å². The molecule has 3 aliphatic heterocycles. The quantitative estimate of drug-likeness (QED) is 0.617. The molecule has 3 aliphatic rings. The maximum absolute atomic E-state index is 15.1. The second-order valence-corrected chi connectivity index (χ2v) is 11.0. The molecule has 5 rings (SSSR count). The molecule has 0 saturated carbocycles. The Hall–Kier alpha value is -3.31. The maximum atomic E-state index is 15.1. The van der Waals surface area contributed by atoms with E-state index in [1.807, 2.05) is 0 Å². The summed E-state index contributed by atoms with van der Waals surface area (Å²) in [7, 11) is -3.72. The number of aromatic hydroxyl groups is 1. The van der Waals surface area contributed by atoms with Gasteiger partial charge in [0.2, 0.25) is 21.8 Å². The van der Waals surface area contributed by atoms with Crippen LogP contribution in [-0.2, 0) is 26.2 Å². The summed E-state index contributed by atoms with van der Waals surface area (Å²) < 4.78 is 42.2. The van der Waals surface area contributed by atoms with Crippen LogP contribution in [0, 0.1) is 5.82 Å². The molecule has 0 aromatic heterocycles. The third kappa shape index (κ3) is 4.19. The van der Waals surface area contributed by atoms with E-state index >= 15 is 4.39 Å². The van der Waals surface area contributed by atoms with Gasteiger partial charge in [0.1, 0.15) is 17.6 Å². The van der Waals surface area contributed by atoms with E-state index < -0.39 is 33.7 Å². The molecule has 3 amide bonds. The van der Waals surface area contributed by atoms with Crippen LogP contribution >= 0.6 is 0 Å². The number of piperidine rings is 2. The van der Waals surface area contributed by atoms with Gasteiger partial charge in [0.05, 0.1) is 4.90 Å². The standard InChI is InChI=1S/C24H24FN3O6S/c25-20-12-19-15(13-28(24(19)32)21-5-6-22(30)26-23(21)31)11-18(20)14-7-9-27(10-8-14)35(33,34)17-3-1-16(29)2-4-17/h1-4,11-12,14,21,29H,5-10,13H2,(H,26,30,31). The van der Waals surface area contributed by atoms with Gasteiger partial charge in [0, 0.05) is 31.6 Å². The van der Waals surface area contributed by atoms with Crippen molar-refractivity contribution in [2.24, 2.45) is 0 Å². The third-order valence-corrected chi connectivity index (χ3v) is 8.92. The Morgan fingerprint density at radius 1 is 1.00 bits per heavy atom. The van der Waals surface area contributed by atoms with Crippen molar-refractivity contribution in [3.8, 4) is 5.75 Å². The lowest BCUT2D eigenvalue weighted by Crippen LogP contribution is -2.52. The van der Waals surface area contributed by atoms with Gasteiger partial charge in [0.25, 0.3) is 5.91 Å². The topological polar surface area (TPSA) is 124 Å². The number of benzene rings is 2. The van der Waals surface area contributed by atoms with E-state index in [1.54, 1.807) is 6.07 Å². The highest BCUT2D eigenvalue weighted by molar-refractivity contribution is 7.89. The largest absolute Gasteiger partial charge is 0.508 e. The van der Waals surface area contributed by atoms with E-state index in [0.717, 1.165) is 0 Å². The first-order valence-electron chi connectivity index (χ1n) is 11.4. The zero-order valence-corrected chi connectivity index (χ0v) is 19.6. The molecular weight excluding hydrogens is 477 g/mol. The number of rotatable bonds is 4. The van der Waals surface area contributed by atoms with Crippen molar-refractivity contribution in [3.63, 3.8) is 0 Å². The fourth-order valence-corrected chi connectivity index (χ4v) is 6.57. The van der Waals surface area contributed by atoms with Gasteiger partial charge in [0.15, 0.2) is 0 Å². The number of carbonyl (C=O) groups is 3. The molecule has 2 saturated heterocycles. The third-order valence-electron chi connectivity index (χ3n) is 7.01. The second kappa shape index (κ2) is 8.72. The van der Waals surface area contributed by atoms with Gasteiger partial charge < -0.3 is 10.0 Å². The fraction of sp³-hybridized carbons (Fsp3) is 0.375. The zero-order chi connectivity index (χ0) is 24.9. The molecule has 0 aliphatic carbocycles. The number of phenolic OH excluding ortho intramolecular Hbond substituents is 1. The molecule has 184 valence electrons. The van der Waals surface area contributed by atoms with Crippen LogP contribution in [0.25, 0.3) is 0 Å². The SMILES string of the molecule is O=C1CCC(N2Cc3cc(C4CCN(S(=O)(=O)c5ccc(O)cc5)CC4)c(F)cc3C2=O)C(=O)N1. The van der Waals surface area contributed by atoms with Crippen LogP contribution in [0.4, 0.5) is 4.39 Å². The Bertz CT molecular complexity index is 1320. The Morgan fingerprint density at radius 3 is 2.34 bits per heavy atom.